The first-order valence-corrected chi connectivity index (χ1v) is 12.6. The Morgan fingerprint density at radius 3 is 2.60 bits per heavy atom. The SMILES string of the molecule is CCn1c(-c2nonc2N)nc2c(-c3cccc(N(OC(=O)C(F)(F)F)C(=O)CCOC)c3)ncc(OCCCN)c21. The van der Waals surface area contributed by atoms with Gasteiger partial charge in [0.05, 0.1) is 37.2 Å². The van der Waals surface area contributed by atoms with Gasteiger partial charge in [0.1, 0.15) is 11.0 Å². The minimum atomic E-state index is -5.34. The van der Waals surface area contributed by atoms with E-state index in [0.717, 1.165) is 0 Å². The molecule has 4 N–H and O–H groups in total. The van der Waals surface area contributed by atoms with Crippen LogP contribution in [0.5, 0.6) is 5.75 Å². The third-order valence-corrected chi connectivity index (χ3v) is 5.89. The predicted octanol–water partition coefficient (Wildman–Crippen LogP) is 2.87. The minimum Gasteiger partial charge on any atom is -0.490 e. The van der Waals surface area contributed by atoms with Gasteiger partial charge in [-0.2, -0.15) is 13.2 Å². The number of nitrogens with zero attached hydrogens (tertiary/aromatic N) is 6. The number of rotatable bonds is 11. The number of amides is 1. The van der Waals surface area contributed by atoms with Crippen molar-refractivity contribution in [3.8, 4) is 28.5 Å². The molecule has 224 valence electrons. The van der Waals surface area contributed by atoms with Crippen LogP contribution in [0.4, 0.5) is 24.7 Å². The maximum absolute atomic E-state index is 13.0. The maximum Gasteiger partial charge on any atom is 0.493 e. The van der Waals surface area contributed by atoms with E-state index >= 15 is 0 Å². The van der Waals surface area contributed by atoms with E-state index in [9.17, 15) is 22.8 Å². The molecule has 1 amide bonds. The largest absolute Gasteiger partial charge is 0.493 e. The Kier molecular flexibility index (Phi) is 9.21. The molecule has 0 aliphatic heterocycles. The van der Waals surface area contributed by atoms with Crippen molar-refractivity contribution in [3.63, 3.8) is 0 Å². The number of carbonyl (C=O) groups excluding carboxylic acids is 2. The second-order valence-electron chi connectivity index (χ2n) is 8.69. The number of alkyl halides is 3. The number of hydrogen-bond acceptors (Lipinski definition) is 12. The number of hydroxylamine groups is 1. The second-order valence-corrected chi connectivity index (χ2v) is 8.69. The summed E-state index contributed by atoms with van der Waals surface area (Å²) in [5, 5.41) is 7.76. The van der Waals surface area contributed by atoms with Gasteiger partial charge in [-0.25, -0.2) is 19.4 Å². The van der Waals surface area contributed by atoms with Gasteiger partial charge in [0.25, 0.3) is 5.91 Å². The quantitative estimate of drug-likeness (QED) is 0.192. The molecule has 0 bridgehead atoms. The normalized spacial score (nSPS) is 11.6. The number of aromatic nitrogens is 5. The van der Waals surface area contributed by atoms with E-state index < -0.39 is 18.1 Å². The fourth-order valence-electron chi connectivity index (χ4n) is 3.99. The summed E-state index contributed by atoms with van der Waals surface area (Å²) in [6.07, 6.45) is -3.66. The van der Waals surface area contributed by atoms with Crippen molar-refractivity contribution in [1.29, 1.82) is 0 Å². The highest BCUT2D eigenvalue weighted by Crippen LogP contribution is 2.37. The number of pyridine rings is 1. The van der Waals surface area contributed by atoms with Crippen LogP contribution in [0.2, 0.25) is 0 Å². The number of methoxy groups -OCH3 is 1. The number of anilines is 2. The second kappa shape index (κ2) is 12.8. The zero-order valence-corrected chi connectivity index (χ0v) is 22.6. The first-order chi connectivity index (χ1) is 20.1. The van der Waals surface area contributed by atoms with E-state index in [1.54, 1.807) is 10.6 Å². The molecule has 0 spiro atoms. The number of nitrogens with two attached hydrogens (primary N) is 2. The van der Waals surface area contributed by atoms with Gasteiger partial charge in [-0.1, -0.05) is 12.1 Å². The maximum atomic E-state index is 13.0. The van der Waals surface area contributed by atoms with E-state index in [1.165, 1.54) is 31.5 Å². The fourth-order valence-corrected chi connectivity index (χ4v) is 3.99. The van der Waals surface area contributed by atoms with Gasteiger partial charge in [0.2, 0.25) is 0 Å². The van der Waals surface area contributed by atoms with Crippen molar-refractivity contribution in [2.45, 2.75) is 32.5 Å². The molecule has 1 aromatic carbocycles. The van der Waals surface area contributed by atoms with Crippen molar-refractivity contribution in [1.82, 2.24) is 24.8 Å². The van der Waals surface area contributed by atoms with Crippen molar-refractivity contribution >= 4 is 34.4 Å². The average molecular weight is 593 g/mol. The van der Waals surface area contributed by atoms with E-state index in [4.69, 9.17) is 30.6 Å². The summed E-state index contributed by atoms with van der Waals surface area (Å²) < 4.78 is 56.4. The molecular formula is C25H27F3N8O6. The van der Waals surface area contributed by atoms with E-state index in [2.05, 4.69) is 20.1 Å². The van der Waals surface area contributed by atoms with Crippen molar-refractivity contribution in [2.75, 3.05) is 37.7 Å². The standard InChI is InChI=1S/C25H27F3N8O6/c1-3-35-21-16(40-10-5-9-29)13-31-18(19(21)32-23(35)20-22(30)34-42-33-20)14-6-4-7-15(12-14)36(17(37)8-11-39-2)41-24(38)25(26,27)28/h4,6-7,12-13H,3,5,8-11,29H2,1-2H3,(H2,30,34). The highest BCUT2D eigenvalue weighted by Gasteiger charge is 2.43. The molecule has 4 aromatic rings. The number of nitrogen functional groups attached to an aromatic ring is 1. The van der Waals surface area contributed by atoms with Crippen LogP contribution in [-0.2, 0) is 25.7 Å². The van der Waals surface area contributed by atoms with Crippen LogP contribution in [0.1, 0.15) is 19.8 Å². The predicted molar refractivity (Wildman–Crippen MR) is 142 cm³/mol. The molecule has 42 heavy (non-hydrogen) atoms. The summed E-state index contributed by atoms with van der Waals surface area (Å²) in [6, 6.07) is 5.69. The first kappa shape index (κ1) is 30.2. The number of carbonyl (C=O) groups is 2. The molecular weight excluding hydrogens is 565 g/mol. The lowest BCUT2D eigenvalue weighted by atomic mass is 10.1. The zero-order valence-electron chi connectivity index (χ0n) is 22.6. The monoisotopic (exact) mass is 592 g/mol. The van der Waals surface area contributed by atoms with Crippen LogP contribution in [0.3, 0.4) is 0 Å². The number of halogens is 3. The summed E-state index contributed by atoms with van der Waals surface area (Å²) in [7, 11) is 1.31. The van der Waals surface area contributed by atoms with Crippen LogP contribution in [0, 0.1) is 0 Å². The Bertz CT molecular complexity index is 1570. The smallest absolute Gasteiger partial charge is 0.490 e. The molecule has 4 rings (SSSR count). The van der Waals surface area contributed by atoms with E-state index in [1.807, 2.05) is 6.92 Å². The van der Waals surface area contributed by atoms with Crippen molar-refractivity contribution < 1.29 is 41.7 Å². The molecule has 0 aliphatic rings. The molecule has 0 saturated carbocycles. The Hall–Kier alpha value is -4.77. The molecule has 0 aliphatic carbocycles. The Labute approximate surface area is 236 Å². The molecule has 3 heterocycles. The highest BCUT2D eigenvalue weighted by molar-refractivity contribution is 5.98. The highest BCUT2D eigenvalue weighted by atomic mass is 19.4. The topological polar surface area (TPSA) is 187 Å². The molecule has 0 atom stereocenters. The fraction of sp³-hybridized carbons (Fsp3) is 0.360. The van der Waals surface area contributed by atoms with Gasteiger partial charge in [-0.05, 0) is 42.3 Å². The van der Waals surface area contributed by atoms with Gasteiger partial charge in [-0.15, -0.1) is 5.06 Å². The summed E-state index contributed by atoms with van der Waals surface area (Å²) in [6.45, 7) is 2.83. The van der Waals surface area contributed by atoms with Crippen LogP contribution < -0.4 is 21.3 Å². The third kappa shape index (κ3) is 6.26. The number of imidazole rings is 1. The van der Waals surface area contributed by atoms with Gasteiger partial charge in [0, 0.05) is 19.2 Å². The molecule has 0 fully saturated rings. The Morgan fingerprint density at radius 1 is 1.17 bits per heavy atom. The number of hydrogen-bond donors (Lipinski definition) is 2. The zero-order chi connectivity index (χ0) is 30.4. The Balaban J connectivity index is 1.87. The molecule has 14 nitrogen and oxygen atoms in total. The number of aryl methyl sites for hydroxylation is 1. The third-order valence-electron chi connectivity index (χ3n) is 5.89. The summed E-state index contributed by atoms with van der Waals surface area (Å²) in [5.74, 6) is -2.83. The number of ether oxygens (including phenoxy) is 2. The summed E-state index contributed by atoms with van der Waals surface area (Å²) >= 11 is 0. The van der Waals surface area contributed by atoms with Gasteiger partial charge in [-0.3, -0.25) is 4.79 Å². The molecule has 0 saturated heterocycles. The van der Waals surface area contributed by atoms with Gasteiger partial charge in [0.15, 0.2) is 23.1 Å². The molecule has 0 unspecified atom stereocenters. The van der Waals surface area contributed by atoms with E-state index in [-0.39, 0.29) is 41.0 Å². The van der Waals surface area contributed by atoms with Crippen LogP contribution in [0.25, 0.3) is 33.8 Å². The van der Waals surface area contributed by atoms with Crippen LogP contribution >= 0.6 is 0 Å². The first-order valence-electron chi connectivity index (χ1n) is 12.6. The van der Waals surface area contributed by atoms with Gasteiger partial charge >= 0.3 is 12.1 Å². The molecule has 3 aromatic heterocycles. The lowest BCUT2D eigenvalue weighted by Gasteiger charge is -2.22. The summed E-state index contributed by atoms with van der Waals surface area (Å²) in [4.78, 5) is 38.1. The lowest BCUT2D eigenvalue weighted by molar-refractivity contribution is -0.201. The Morgan fingerprint density at radius 2 is 1.95 bits per heavy atom. The van der Waals surface area contributed by atoms with E-state index in [0.29, 0.717) is 54.3 Å². The number of fused-ring (bicyclic) bond motifs is 1. The molecule has 17 heteroatoms. The van der Waals surface area contributed by atoms with Crippen molar-refractivity contribution in [3.05, 3.63) is 30.5 Å². The number of benzene rings is 1. The molecule has 0 radical (unpaired) electrons. The van der Waals surface area contributed by atoms with Crippen molar-refractivity contribution in [2.24, 2.45) is 5.73 Å². The van der Waals surface area contributed by atoms with Gasteiger partial charge < -0.3 is 30.3 Å². The van der Waals surface area contributed by atoms with Crippen LogP contribution in [0.15, 0.2) is 35.1 Å². The summed E-state index contributed by atoms with van der Waals surface area (Å²) in [5.41, 5.74) is 13.0. The lowest BCUT2D eigenvalue weighted by Crippen LogP contribution is -2.39. The van der Waals surface area contributed by atoms with Crippen LogP contribution in [-0.4, -0.2) is 69.8 Å². The average Bonchev–Trinajstić information content (AvgIpc) is 3.57. The minimum absolute atomic E-state index is 0.00111.